The van der Waals surface area contributed by atoms with Crippen LogP contribution in [0, 0.1) is 0 Å². The topological polar surface area (TPSA) is 87.2 Å². The van der Waals surface area contributed by atoms with Crippen LogP contribution in [0.5, 0.6) is 5.75 Å². The number of nitrogens with zero attached hydrogens (tertiary/aromatic N) is 3. The van der Waals surface area contributed by atoms with Crippen molar-refractivity contribution in [2.45, 2.75) is 64.1 Å². The maximum absolute atomic E-state index is 12.8. The number of amides is 2. The molecule has 0 saturated carbocycles. The Morgan fingerprint density at radius 2 is 1.59 bits per heavy atom. The Balaban J connectivity index is 1.51. The van der Waals surface area contributed by atoms with Crippen molar-refractivity contribution >= 4 is 21.8 Å². The molecule has 2 aliphatic heterocycles. The van der Waals surface area contributed by atoms with Crippen molar-refractivity contribution in [2.24, 2.45) is 0 Å². The number of carbonyl (C=O) groups excluding carboxylic acids is 2. The minimum atomic E-state index is -3.23. The third kappa shape index (κ3) is 5.81. The van der Waals surface area contributed by atoms with Crippen LogP contribution in [0.3, 0.4) is 0 Å². The highest BCUT2D eigenvalue weighted by Crippen LogP contribution is 2.23. The average Bonchev–Trinajstić information content (AvgIpc) is 2.76. The van der Waals surface area contributed by atoms with E-state index in [1.54, 1.807) is 36.2 Å². The molecule has 0 radical (unpaired) electrons. The third-order valence-corrected chi connectivity index (χ3v) is 8.08. The summed E-state index contributed by atoms with van der Waals surface area (Å²) in [5, 5.41) is 0. The van der Waals surface area contributed by atoms with Gasteiger partial charge in [-0.05, 0) is 70.2 Å². The molecule has 2 saturated heterocycles. The molecular weight excluding hydrogens is 430 g/mol. The second kappa shape index (κ2) is 10.2. The summed E-state index contributed by atoms with van der Waals surface area (Å²) in [4.78, 5) is 29.1. The minimum Gasteiger partial charge on any atom is -0.484 e. The van der Waals surface area contributed by atoms with Gasteiger partial charge in [-0.15, -0.1) is 0 Å². The van der Waals surface area contributed by atoms with Crippen LogP contribution in [-0.2, 0) is 14.8 Å². The van der Waals surface area contributed by atoms with E-state index in [4.69, 9.17) is 4.74 Å². The lowest BCUT2D eigenvalue weighted by Gasteiger charge is -2.39. The number of benzene rings is 1. The number of hydrogen-bond acceptors (Lipinski definition) is 5. The molecule has 3 rings (SSSR count). The molecule has 0 aliphatic carbocycles. The zero-order chi connectivity index (χ0) is 23.5. The Bertz CT molecular complexity index is 900. The Morgan fingerprint density at radius 3 is 2.12 bits per heavy atom. The van der Waals surface area contributed by atoms with Gasteiger partial charge in [0.25, 0.3) is 11.8 Å². The summed E-state index contributed by atoms with van der Waals surface area (Å²) in [5.41, 5.74) is 0.553. The minimum absolute atomic E-state index is 0.00761. The summed E-state index contributed by atoms with van der Waals surface area (Å²) < 4.78 is 30.5. The van der Waals surface area contributed by atoms with Gasteiger partial charge >= 0.3 is 0 Å². The van der Waals surface area contributed by atoms with Crippen molar-refractivity contribution in [3.8, 4) is 5.75 Å². The van der Waals surface area contributed by atoms with Gasteiger partial charge in [-0.25, -0.2) is 12.7 Å². The van der Waals surface area contributed by atoms with Crippen LogP contribution in [0.25, 0.3) is 0 Å². The Labute approximate surface area is 191 Å². The van der Waals surface area contributed by atoms with E-state index in [9.17, 15) is 18.0 Å². The highest BCUT2D eigenvalue weighted by molar-refractivity contribution is 7.88. The van der Waals surface area contributed by atoms with Crippen molar-refractivity contribution in [3.63, 3.8) is 0 Å². The Kier molecular flexibility index (Phi) is 7.82. The van der Waals surface area contributed by atoms with Crippen LogP contribution >= 0.6 is 0 Å². The quantitative estimate of drug-likeness (QED) is 0.644. The molecule has 1 aromatic carbocycles. The van der Waals surface area contributed by atoms with Gasteiger partial charge in [-0.3, -0.25) is 9.59 Å². The summed E-state index contributed by atoms with van der Waals surface area (Å²) in [6.07, 6.45) is 5.63. The second-order valence-corrected chi connectivity index (χ2v) is 11.1. The van der Waals surface area contributed by atoms with E-state index >= 15 is 0 Å². The number of likely N-dealkylation sites (tertiary alicyclic amines) is 2. The van der Waals surface area contributed by atoms with Crippen molar-refractivity contribution in [3.05, 3.63) is 29.8 Å². The summed E-state index contributed by atoms with van der Waals surface area (Å²) in [6, 6.07) is 7.24. The average molecular weight is 466 g/mol. The fraction of sp³-hybridized carbons (Fsp3) is 0.652. The van der Waals surface area contributed by atoms with E-state index < -0.39 is 10.0 Å². The van der Waals surface area contributed by atoms with Crippen molar-refractivity contribution in [1.29, 1.82) is 0 Å². The highest BCUT2D eigenvalue weighted by Gasteiger charge is 2.30. The standard InChI is InChI=1S/C23H35N3O5S/c1-17-6-5-7-18(2)26(17)22(27)16-31-21-10-8-19(9-11-21)23(28)25-14-12-20(13-15-25)24(3)32(4,29)30/h8-11,17-18,20H,5-7,12-16H2,1-4H3. The van der Waals surface area contributed by atoms with Crippen LogP contribution in [0.2, 0.25) is 0 Å². The molecule has 0 aromatic heterocycles. The number of carbonyl (C=O) groups is 2. The van der Waals surface area contributed by atoms with E-state index in [1.165, 1.54) is 10.6 Å². The number of piperidine rings is 2. The van der Waals surface area contributed by atoms with E-state index in [2.05, 4.69) is 13.8 Å². The molecule has 0 spiro atoms. The monoisotopic (exact) mass is 465 g/mol. The van der Waals surface area contributed by atoms with E-state index in [-0.39, 0.29) is 36.5 Å². The number of sulfonamides is 1. The zero-order valence-electron chi connectivity index (χ0n) is 19.5. The summed E-state index contributed by atoms with van der Waals surface area (Å²) in [6.45, 7) is 5.18. The third-order valence-electron chi connectivity index (χ3n) is 6.73. The molecule has 2 unspecified atom stereocenters. The number of ether oxygens (including phenoxy) is 1. The zero-order valence-corrected chi connectivity index (χ0v) is 20.3. The summed E-state index contributed by atoms with van der Waals surface area (Å²) >= 11 is 0. The highest BCUT2D eigenvalue weighted by atomic mass is 32.2. The van der Waals surface area contributed by atoms with Crippen molar-refractivity contribution < 1.29 is 22.7 Å². The predicted octanol–water partition coefficient (Wildman–Crippen LogP) is 2.35. The Morgan fingerprint density at radius 1 is 1.03 bits per heavy atom. The molecule has 2 heterocycles. The molecule has 2 fully saturated rings. The van der Waals surface area contributed by atoms with E-state index in [0.717, 1.165) is 19.3 Å². The molecule has 0 N–H and O–H groups in total. The molecule has 2 atom stereocenters. The van der Waals surface area contributed by atoms with E-state index in [1.807, 2.05) is 4.90 Å². The molecule has 9 heteroatoms. The van der Waals surface area contributed by atoms with Crippen LogP contribution in [0.4, 0.5) is 0 Å². The summed E-state index contributed by atoms with van der Waals surface area (Å²) in [7, 11) is -1.64. The first-order valence-electron chi connectivity index (χ1n) is 11.3. The lowest BCUT2D eigenvalue weighted by molar-refractivity contribution is -0.139. The maximum Gasteiger partial charge on any atom is 0.260 e. The number of hydrogen-bond donors (Lipinski definition) is 0. The molecule has 2 aliphatic rings. The van der Waals surface area contributed by atoms with Gasteiger partial charge in [-0.2, -0.15) is 0 Å². The maximum atomic E-state index is 12.8. The molecule has 2 amide bonds. The molecule has 0 bridgehead atoms. The van der Waals surface area contributed by atoms with Crippen LogP contribution in [-0.4, -0.2) is 85.5 Å². The van der Waals surface area contributed by atoms with E-state index in [0.29, 0.717) is 37.2 Å². The van der Waals surface area contributed by atoms with Crippen LogP contribution in [0.1, 0.15) is 56.3 Å². The van der Waals surface area contributed by atoms with Crippen molar-refractivity contribution in [1.82, 2.24) is 14.1 Å². The first-order valence-corrected chi connectivity index (χ1v) is 13.2. The Hall–Kier alpha value is -2.13. The molecule has 1 aromatic rings. The summed E-state index contributed by atoms with van der Waals surface area (Å²) in [5.74, 6) is 0.469. The second-order valence-electron chi connectivity index (χ2n) is 9.05. The fourth-order valence-electron chi connectivity index (χ4n) is 4.71. The van der Waals surface area contributed by atoms with Gasteiger partial charge in [0.1, 0.15) is 5.75 Å². The van der Waals surface area contributed by atoms with Crippen molar-refractivity contribution in [2.75, 3.05) is 33.0 Å². The first kappa shape index (κ1) is 24.5. The fourth-order valence-corrected chi connectivity index (χ4v) is 5.46. The first-order chi connectivity index (χ1) is 15.1. The molecule has 32 heavy (non-hydrogen) atoms. The largest absolute Gasteiger partial charge is 0.484 e. The SMILES string of the molecule is CC1CCCC(C)N1C(=O)COc1ccc(C(=O)N2CCC(N(C)S(C)(=O)=O)CC2)cc1. The van der Waals surface area contributed by atoms with Gasteiger partial charge in [0.15, 0.2) is 6.61 Å². The van der Waals surface area contributed by atoms with Gasteiger partial charge in [0.05, 0.1) is 6.26 Å². The lowest BCUT2D eigenvalue weighted by Crippen LogP contribution is -2.49. The van der Waals surface area contributed by atoms with Gasteiger partial charge in [0.2, 0.25) is 10.0 Å². The normalized spacial score (nSPS) is 22.8. The van der Waals surface area contributed by atoms with Gasteiger partial charge in [0, 0.05) is 43.8 Å². The van der Waals surface area contributed by atoms with Crippen LogP contribution in [0.15, 0.2) is 24.3 Å². The molecular formula is C23H35N3O5S. The van der Waals surface area contributed by atoms with Crippen LogP contribution < -0.4 is 4.74 Å². The number of rotatable bonds is 6. The predicted molar refractivity (Wildman–Crippen MR) is 123 cm³/mol. The smallest absolute Gasteiger partial charge is 0.260 e. The van der Waals surface area contributed by atoms with Gasteiger partial charge in [-0.1, -0.05) is 0 Å². The molecule has 8 nitrogen and oxygen atoms in total. The van der Waals surface area contributed by atoms with Gasteiger partial charge < -0.3 is 14.5 Å². The molecule has 178 valence electrons. The lowest BCUT2D eigenvalue weighted by atomic mass is 9.97.